The van der Waals surface area contributed by atoms with Gasteiger partial charge in [0.2, 0.25) is 0 Å². The normalized spacial score (nSPS) is 44.8. The Balaban J connectivity index is 1.82. The van der Waals surface area contributed by atoms with Crippen LogP contribution in [0.5, 0.6) is 0 Å². The summed E-state index contributed by atoms with van der Waals surface area (Å²) < 4.78 is 5.49. The van der Waals surface area contributed by atoms with Crippen LogP contribution < -0.4 is 0 Å². The zero-order valence-corrected chi connectivity index (χ0v) is 10.8. The molecule has 4 atom stereocenters. The molecule has 1 heterocycles. The zero-order valence-electron chi connectivity index (χ0n) is 10.8. The molecule has 4 aliphatic rings. The van der Waals surface area contributed by atoms with Crippen molar-refractivity contribution in [3.63, 3.8) is 0 Å². The summed E-state index contributed by atoms with van der Waals surface area (Å²) in [6.07, 6.45) is 2.99. The molecule has 1 N–H and O–H groups in total. The first-order valence-corrected chi connectivity index (χ1v) is 6.80. The Kier molecular flexibility index (Phi) is 1.85. The highest BCUT2D eigenvalue weighted by Crippen LogP contribution is 2.69. The fourth-order valence-corrected chi connectivity index (χ4v) is 4.55. The summed E-state index contributed by atoms with van der Waals surface area (Å²) in [5, 5.41) is 9.60. The summed E-state index contributed by atoms with van der Waals surface area (Å²) >= 11 is 0. The maximum Gasteiger partial charge on any atom is 0.334 e. The average Bonchev–Trinajstić information content (AvgIpc) is 3.03. The predicted molar refractivity (Wildman–Crippen MR) is 65.6 cm³/mol. The third kappa shape index (κ3) is 1.07. The molecule has 2 saturated carbocycles. The maximum absolute atomic E-state index is 11.7. The van der Waals surface area contributed by atoms with Crippen LogP contribution in [0.4, 0.5) is 0 Å². The molecule has 96 valence electrons. The second kappa shape index (κ2) is 3.08. The van der Waals surface area contributed by atoms with Crippen molar-refractivity contribution in [2.75, 3.05) is 6.61 Å². The molecule has 3 aliphatic carbocycles. The molecule has 18 heavy (non-hydrogen) atoms. The molecule has 3 nitrogen and oxygen atoms in total. The van der Waals surface area contributed by atoms with Gasteiger partial charge in [-0.25, -0.2) is 4.79 Å². The van der Waals surface area contributed by atoms with Crippen LogP contribution in [-0.4, -0.2) is 23.8 Å². The van der Waals surface area contributed by atoms with Gasteiger partial charge in [0.15, 0.2) is 0 Å². The lowest BCUT2D eigenvalue weighted by atomic mass is 9.67. The Labute approximate surface area is 107 Å². The first-order valence-electron chi connectivity index (χ1n) is 6.80. The highest BCUT2D eigenvalue weighted by Gasteiger charge is 2.62. The molecule has 0 aromatic heterocycles. The van der Waals surface area contributed by atoms with Crippen LogP contribution in [-0.2, 0) is 9.53 Å². The molecular weight excluding hydrogens is 228 g/mol. The summed E-state index contributed by atoms with van der Waals surface area (Å²) in [6, 6.07) is 0. The van der Waals surface area contributed by atoms with Gasteiger partial charge in [-0.15, -0.1) is 0 Å². The van der Waals surface area contributed by atoms with Crippen molar-refractivity contribution in [1.29, 1.82) is 0 Å². The number of aliphatic hydroxyl groups is 1. The number of ether oxygens (including phenoxy) is 1. The minimum atomic E-state index is -0.142. The average molecular weight is 246 g/mol. The van der Waals surface area contributed by atoms with Crippen molar-refractivity contribution in [3.05, 3.63) is 22.3 Å². The number of hydrogen-bond acceptors (Lipinski definition) is 3. The van der Waals surface area contributed by atoms with Crippen LogP contribution in [0.2, 0.25) is 0 Å². The molecule has 4 rings (SSSR count). The molecule has 0 bridgehead atoms. The molecule has 3 heteroatoms. The second-order valence-corrected chi connectivity index (χ2v) is 6.45. The highest BCUT2D eigenvalue weighted by atomic mass is 16.5. The molecular formula is C15H18O3. The van der Waals surface area contributed by atoms with Gasteiger partial charge in [-0.1, -0.05) is 12.5 Å². The first kappa shape index (κ1) is 10.8. The summed E-state index contributed by atoms with van der Waals surface area (Å²) in [4.78, 5) is 11.7. The molecule has 0 spiro atoms. The van der Waals surface area contributed by atoms with Gasteiger partial charge >= 0.3 is 5.97 Å². The Bertz CT molecular complexity index is 528. The predicted octanol–water partition coefficient (Wildman–Crippen LogP) is 1.97. The van der Waals surface area contributed by atoms with Gasteiger partial charge in [0.25, 0.3) is 0 Å². The molecule has 1 aliphatic heterocycles. The van der Waals surface area contributed by atoms with Gasteiger partial charge < -0.3 is 9.84 Å². The van der Waals surface area contributed by atoms with Crippen molar-refractivity contribution in [3.8, 4) is 0 Å². The molecule has 0 aromatic carbocycles. The highest BCUT2D eigenvalue weighted by molar-refractivity contribution is 5.92. The van der Waals surface area contributed by atoms with E-state index in [0.29, 0.717) is 11.8 Å². The van der Waals surface area contributed by atoms with Gasteiger partial charge in [-0.3, -0.25) is 0 Å². The number of allylic oxidation sites excluding steroid dienone is 1. The fraction of sp³-hybridized carbons (Fsp3) is 0.667. The van der Waals surface area contributed by atoms with E-state index in [1.807, 2.05) is 6.92 Å². The molecule has 0 amide bonds. The van der Waals surface area contributed by atoms with Gasteiger partial charge in [-0.05, 0) is 54.6 Å². The Hall–Kier alpha value is -1.09. The Morgan fingerprint density at radius 3 is 3.00 bits per heavy atom. The van der Waals surface area contributed by atoms with E-state index >= 15 is 0 Å². The summed E-state index contributed by atoms with van der Waals surface area (Å²) in [5.41, 5.74) is 4.81. The number of fused-ring (bicyclic) bond motifs is 4. The Morgan fingerprint density at radius 2 is 2.28 bits per heavy atom. The number of hydrogen-bond donors (Lipinski definition) is 1. The molecule has 0 radical (unpaired) electrons. The molecule has 0 unspecified atom stereocenters. The van der Waals surface area contributed by atoms with E-state index < -0.39 is 0 Å². The summed E-state index contributed by atoms with van der Waals surface area (Å²) in [7, 11) is 0. The largest absolute Gasteiger partial charge is 0.454 e. The van der Waals surface area contributed by atoms with Crippen molar-refractivity contribution in [1.82, 2.24) is 0 Å². The minimum Gasteiger partial charge on any atom is -0.454 e. The zero-order chi connectivity index (χ0) is 12.7. The lowest BCUT2D eigenvalue weighted by Gasteiger charge is -2.39. The summed E-state index contributed by atoms with van der Waals surface area (Å²) in [6.45, 7) is 4.36. The van der Waals surface area contributed by atoms with Crippen LogP contribution in [0.25, 0.3) is 0 Å². The topological polar surface area (TPSA) is 46.5 Å². The van der Waals surface area contributed by atoms with E-state index in [0.717, 1.165) is 18.4 Å². The second-order valence-electron chi connectivity index (χ2n) is 6.45. The van der Waals surface area contributed by atoms with E-state index in [4.69, 9.17) is 4.74 Å². The standard InChI is InChI=1S/C15H18O3/c1-7-8-3-12-10(6-16)9-4-11(9)15(12,2)5-13(8)18-14(7)17/h9,11,13,16H,3-6H2,1-2H3/t9-,11-,13-,15-/m0/s1. The van der Waals surface area contributed by atoms with Crippen LogP contribution in [0, 0.1) is 17.3 Å². The SMILES string of the molecule is CC1=C2CC3=C(CO)[C@@H]4C[C@@H]4[C@]3(C)C[C@@H]2OC1=O. The number of carbonyl (C=O) groups is 1. The van der Waals surface area contributed by atoms with Gasteiger partial charge in [0.05, 0.1) is 6.61 Å². The van der Waals surface area contributed by atoms with Gasteiger partial charge in [0, 0.05) is 5.57 Å². The molecule has 0 aromatic rings. The van der Waals surface area contributed by atoms with E-state index in [2.05, 4.69) is 6.92 Å². The van der Waals surface area contributed by atoms with Crippen molar-refractivity contribution < 1.29 is 14.6 Å². The van der Waals surface area contributed by atoms with E-state index in [1.165, 1.54) is 23.1 Å². The third-order valence-electron chi connectivity index (χ3n) is 5.71. The van der Waals surface area contributed by atoms with E-state index in [-0.39, 0.29) is 24.1 Å². The smallest absolute Gasteiger partial charge is 0.334 e. The van der Waals surface area contributed by atoms with Crippen molar-refractivity contribution >= 4 is 5.97 Å². The maximum atomic E-state index is 11.7. The number of rotatable bonds is 1. The lowest BCUT2D eigenvalue weighted by Crippen LogP contribution is -2.33. The fourth-order valence-electron chi connectivity index (χ4n) is 4.55. The summed E-state index contributed by atoms with van der Waals surface area (Å²) in [5.74, 6) is 1.17. The van der Waals surface area contributed by atoms with E-state index in [9.17, 15) is 9.90 Å². The van der Waals surface area contributed by atoms with Crippen molar-refractivity contribution in [2.45, 2.75) is 39.2 Å². The van der Waals surface area contributed by atoms with Crippen LogP contribution >= 0.6 is 0 Å². The lowest BCUT2D eigenvalue weighted by molar-refractivity contribution is -0.141. The van der Waals surface area contributed by atoms with Crippen LogP contribution in [0.15, 0.2) is 22.3 Å². The Morgan fingerprint density at radius 1 is 1.50 bits per heavy atom. The molecule has 2 fully saturated rings. The quantitative estimate of drug-likeness (QED) is 0.568. The minimum absolute atomic E-state index is 0.00513. The number of aliphatic hydroxyl groups excluding tert-OH is 1. The first-order chi connectivity index (χ1) is 8.56. The number of esters is 1. The van der Waals surface area contributed by atoms with Crippen LogP contribution in [0.3, 0.4) is 0 Å². The van der Waals surface area contributed by atoms with Gasteiger partial charge in [-0.2, -0.15) is 0 Å². The van der Waals surface area contributed by atoms with Gasteiger partial charge in [0.1, 0.15) is 6.10 Å². The van der Waals surface area contributed by atoms with Crippen LogP contribution in [0.1, 0.15) is 33.1 Å². The molecule has 0 saturated heterocycles. The number of carbonyl (C=O) groups excluding carboxylic acids is 1. The third-order valence-corrected chi connectivity index (χ3v) is 5.71. The van der Waals surface area contributed by atoms with Crippen molar-refractivity contribution in [2.24, 2.45) is 17.3 Å². The van der Waals surface area contributed by atoms with E-state index in [1.54, 1.807) is 0 Å². The monoisotopic (exact) mass is 246 g/mol.